The molecule has 0 aliphatic rings. The topological polar surface area (TPSA) is 63.4 Å². The van der Waals surface area contributed by atoms with E-state index in [0.717, 1.165) is 0 Å². The second kappa shape index (κ2) is 7.82. The smallest absolute Gasteiger partial charge is 0.238 e. The zero-order valence-electron chi connectivity index (χ0n) is 9.86. The molecule has 0 aliphatic carbocycles. The number of carbonyl (C=O) groups is 1. The molecule has 2 N–H and O–H groups in total. The van der Waals surface area contributed by atoms with Crippen molar-refractivity contribution in [1.29, 1.82) is 0 Å². The first-order chi connectivity index (χ1) is 7.08. The molecule has 4 nitrogen and oxygen atoms in total. The van der Waals surface area contributed by atoms with Gasteiger partial charge in [-0.1, -0.05) is 0 Å². The van der Waals surface area contributed by atoms with Crippen molar-refractivity contribution in [3.8, 4) is 0 Å². The van der Waals surface area contributed by atoms with Crippen LogP contribution in [0.4, 0.5) is 0 Å². The standard InChI is InChI=1S/C10H22N2O2S/c1-4-12(5-2)10(13)9(3)15(14)8-6-7-11/h9H,4-8,11H2,1-3H3. The van der Waals surface area contributed by atoms with Gasteiger partial charge in [-0.3, -0.25) is 9.00 Å². The van der Waals surface area contributed by atoms with Gasteiger partial charge in [0.05, 0.1) is 0 Å². The fraction of sp³-hybridized carbons (Fsp3) is 0.900. The number of amides is 1. The Hall–Kier alpha value is -0.420. The Balaban J connectivity index is 4.23. The van der Waals surface area contributed by atoms with Crippen LogP contribution in [0.3, 0.4) is 0 Å². The summed E-state index contributed by atoms with van der Waals surface area (Å²) in [5.74, 6) is 0.500. The molecule has 0 radical (unpaired) electrons. The molecule has 0 spiro atoms. The third-order valence-electron chi connectivity index (χ3n) is 2.37. The first kappa shape index (κ1) is 14.6. The molecule has 5 heteroatoms. The van der Waals surface area contributed by atoms with Crippen LogP contribution in [0.25, 0.3) is 0 Å². The van der Waals surface area contributed by atoms with Crippen LogP contribution >= 0.6 is 0 Å². The van der Waals surface area contributed by atoms with Crippen LogP contribution in [0, 0.1) is 0 Å². The third kappa shape index (κ3) is 4.75. The van der Waals surface area contributed by atoms with Gasteiger partial charge in [0.15, 0.2) is 0 Å². The molecule has 1 amide bonds. The molecule has 0 aromatic carbocycles. The van der Waals surface area contributed by atoms with Crippen molar-refractivity contribution < 1.29 is 9.00 Å². The summed E-state index contributed by atoms with van der Waals surface area (Å²) < 4.78 is 11.7. The summed E-state index contributed by atoms with van der Waals surface area (Å²) in [6.07, 6.45) is 0.711. The van der Waals surface area contributed by atoms with Gasteiger partial charge in [0.1, 0.15) is 5.25 Å². The van der Waals surface area contributed by atoms with Gasteiger partial charge in [0, 0.05) is 29.6 Å². The van der Waals surface area contributed by atoms with Crippen LogP contribution in [-0.2, 0) is 15.6 Å². The zero-order chi connectivity index (χ0) is 11.8. The zero-order valence-corrected chi connectivity index (χ0v) is 10.7. The minimum atomic E-state index is -1.09. The molecule has 0 aromatic rings. The Morgan fingerprint density at radius 1 is 1.40 bits per heavy atom. The highest BCUT2D eigenvalue weighted by Gasteiger charge is 2.22. The summed E-state index contributed by atoms with van der Waals surface area (Å²) in [7, 11) is -1.09. The predicted octanol–water partition coefficient (Wildman–Crippen LogP) is 0.341. The molecule has 2 unspecified atom stereocenters. The predicted molar refractivity (Wildman–Crippen MR) is 64.1 cm³/mol. The molecule has 0 rings (SSSR count). The van der Waals surface area contributed by atoms with Crippen molar-refractivity contribution in [2.24, 2.45) is 5.73 Å². The van der Waals surface area contributed by atoms with Gasteiger partial charge in [-0.2, -0.15) is 0 Å². The van der Waals surface area contributed by atoms with E-state index in [1.807, 2.05) is 13.8 Å². The third-order valence-corrected chi connectivity index (χ3v) is 4.05. The van der Waals surface area contributed by atoms with Crippen molar-refractivity contribution in [2.75, 3.05) is 25.4 Å². The van der Waals surface area contributed by atoms with E-state index in [-0.39, 0.29) is 5.91 Å². The molecule has 0 bridgehead atoms. The highest BCUT2D eigenvalue weighted by atomic mass is 32.2. The molecule has 0 fully saturated rings. The van der Waals surface area contributed by atoms with E-state index in [1.54, 1.807) is 11.8 Å². The van der Waals surface area contributed by atoms with Crippen molar-refractivity contribution in [2.45, 2.75) is 32.4 Å². The van der Waals surface area contributed by atoms with Crippen LogP contribution in [0.15, 0.2) is 0 Å². The number of rotatable bonds is 7. The maximum atomic E-state index is 11.8. The van der Waals surface area contributed by atoms with E-state index in [2.05, 4.69) is 0 Å². The highest BCUT2D eigenvalue weighted by molar-refractivity contribution is 7.86. The lowest BCUT2D eigenvalue weighted by atomic mass is 10.4. The average molecular weight is 234 g/mol. The van der Waals surface area contributed by atoms with Gasteiger partial charge < -0.3 is 10.6 Å². The van der Waals surface area contributed by atoms with E-state index < -0.39 is 16.0 Å². The molecular weight excluding hydrogens is 212 g/mol. The molecule has 0 aliphatic heterocycles. The maximum Gasteiger partial charge on any atom is 0.238 e. The molecule has 0 heterocycles. The first-order valence-corrected chi connectivity index (χ1v) is 6.82. The number of nitrogens with two attached hydrogens (primary N) is 1. The Bertz CT molecular complexity index is 217. The summed E-state index contributed by atoms with van der Waals surface area (Å²) in [4.78, 5) is 13.5. The van der Waals surface area contributed by atoms with Gasteiger partial charge in [-0.25, -0.2) is 0 Å². The largest absolute Gasteiger partial charge is 0.342 e. The highest BCUT2D eigenvalue weighted by Crippen LogP contribution is 2.03. The lowest BCUT2D eigenvalue weighted by Gasteiger charge is -2.22. The van der Waals surface area contributed by atoms with E-state index in [1.165, 1.54) is 0 Å². The maximum absolute atomic E-state index is 11.8. The van der Waals surface area contributed by atoms with E-state index in [9.17, 15) is 9.00 Å². The minimum Gasteiger partial charge on any atom is -0.342 e. The molecule has 90 valence electrons. The van der Waals surface area contributed by atoms with Crippen LogP contribution in [-0.4, -0.2) is 45.7 Å². The van der Waals surface area contributed by atoms with Crippen molar-refractivity contribution in [3.63, 3.8) is 0 Å². The van der Waals surface area contributed by atoms with Gasteiger partial charge >= 0.3 is 0 Å². The number of hydrogen-bond donors (Lipinski definition) is 1. The SMILES string of the molecule is CCN(CC)C(=O)C(C)S(=O)CCCN. The number of carbonyl (C=O) groups excluding carboxylic acids is 1. The molecule has 0 aromatic heterocycles. The Morgan fingerprint density at radius 2 is 1.93 bits per heavy atom. The summed E-state index contributed by atoms with van der Waals surface area (Å²) in [5.41, 5.74) is 5.34. The summed E-state index contributed by atoms with van der Waals surface area (Å²) in [6, 6.07) is 0. The fourth-order valence-corrected chi connectivity index (χ4v) is 2.49. The first-order valence-electron chi connectivity index (χ1n) is 5.44. The van der Waals surface area contributed by atoms with E-state index in [0.29, 0.717) is 31.8 Å². The lowest BCUT2D eigenvalue weighted by molar-refractivity contribution is -0.129. The quantitative estimate of drug-likeness (QED) is 0.691. The van der Waals surface area contributed by atoms with E-state index in [4.69, 9.17) is 5.73 Å². The van der Waals surface area contributed by atoms with Gasteiger partial charge in [0.2, 0.25) is 5.91 Å². The summed E-state index contributed by atoms with van der Waals surface area (Å²) in [6.45, 7) is 7.46. The van der Waals surface area contributed by atoms with Gasteiger partial charge in [-0.05, 0) is 33.7 Å². The number of nitrogens with zero attached hydrogens (tertiary/aromatic N) is 1. The molecule has 2 atom stereocenters. The molecule has 0 saturated heterocycles. The average Bonchev–Trinajstić information content (AvgIpc) is 2.26. The van der Waals surface area contributed by atoms with Crippen molar-refractivity contribution in [3.05, 3.63) is 0 Å². The molecule has 15 heavy (non-hydrogen) atoms. The van der Waals surface area contributed by atoms with Crippen LogP contribution in [0.5, 0.6) is 0 Å². The Morgan fingerprint density at radius 3 is 2.33 bits per heavy atom. The summed E-state index contributed by atoms with van der Waals surface area (Å²) >= 11 is 0. The Labute approximate surface area is 94.7 Å². The van der Waals surface area contributed by atoms with Crippen molar-refractivity contribution in [1.82, 2.24) is 4.90 Å². The van der Waals surface area contributed by atoms with Crippen LogP contribution in [0.1, 0.15) is 27.2 Å². The summed E-state index contributed by atoms with van der Waals surface area (Å²) in [5, 5.41) is -0.406. The monoisotopic (exact) mass is 234 g/mol. The number of hydrogen-bond acceptors (Lipinski definition) is 3. The fourth-order valence-electron chi connectivity index (χ4n) is 1.31. The lowest BCUT2D eigenvalue weighted by Crippen LogP contribution is -2.40. The second-order valence-corrected chi connectivity index (χ2v) is 5.26. The van der Waals surface area contributed by atoms with Gasteiger partial charge in [0.25, 0.3) is 0 Å². The Kier molecular flexibility index (Phi) is 7.60. The van der Waals surface area contributed by atoms with E-state index >= 15 is 0 Å². The van der Waals surface area contributed by atoms with Crippen molar-refractivity contribution >= 4 is 16.7 Å². The molecule has 0 saturated carbocycles. The molecular formula is C10H22N2O2S. The van der Waals surface area contributed by atoms with Gasteiger partial charge in [-0.15, -0.1) is 0 Å². The second-order valence-electron chi connectivity index (χ2n) is 3.38. The van der Waals surface area contributed by atoms with Crippen LogP contribution < -0.4 is 5.73 Å². The van der Waals surface area contributed by atoms with Crippen LogP contribution in [0.2, 0.25) is 0 Å². The normalized spacial score (nSPS) is 14.7. The minimum absolute atomic E-state index is 0.0182.